The second-order valence-electron chi connectivity index (χ2n) is 5.07. The number of fused-ring (bicyclic) bond motifs is 1. The summed E-state index contributed by atoms with van der Waals surface area (Å²) in [7, 11) is -3.54. The molecule has 0 aliphatic carbocycles. The lowest BCUT2D eigenvalue weighted by atomic mass is 10.1. The van der Waals surface area contributed by atoms with Gasteiger partial charge in [-0.15, -0.1) is 11.3 Å². The Kier molecular flexibility index (Phi) is 5.37. The van der Waals surface area contributed by atoms with Crippen molar-refractivity contribution in [3.05, 3.63) is 29.1 Å². The molecule has 0 fully saturated rings. The first-order valence-corrected chi connectivity index (χ1v) is 9.56. The van der Waals surface area contributed by atoms with Crippen molar-refractivity contribution in [3.63, 3.8) is 0 Å². The van der Waals surface area contributed by atoms with Crippen LogP contribution in [0.3, 0.4) is 0 Å². The van der Waals surface area contributed by atoms with E-state index in [0.29, 0.717) is 4.90 Å². The second kappa shape index (κ2) is 6.87. The third-order valence-corrected chi connectivity index (χ3v) is 6.49. The van der Waals surface area contributed by atoms with Crippen LogP contribution in [0.15, 0.2) is 29.2 Å². The standard InChI is InChI=1S/C15H22N2O2S2/c1-3-7-11(4-2)17-21(18,19)15-12-8-5-6-9-13(12)20-14(15)10-16/h5-6,8-9,11,17H,3-4,7,10,16H2,1-2H3. The number of sulfonamides is 1. The van der Waals surface area contributed by atoms with E-state index in [4.69, 9.17) is 5.73 Å². The molecular formula is C15H22N2O2S2. The van der Waals surface area contributed by atoms with Gasteiger partial charge in [0.1, 0.15) is 4.90 Å². The molecule has 1 unspecified atom stereocenters. The topological polar surface area (TPSA) is 72.2 Å². The van der Waals surface area contributed by atoms with Gasteiger partial charge in [0.15, 0.2) is 0 Å². The minimum Gasteiger partial charge on any atom is -0.326 e. The van der Waals surface area contributed by atoms with Crippen molar-refractivity contribution in [1.82, 2.24) is 4.72 Å². The van der Waals surface area contributed by atoms with Crippen LogP contribution in [0.5, 0.6) is 0 Å². The fraction of sp³-hybridized carbons (Fsp3) is 0.467. The number of thiophene rings is 1. The molecule has 4 nitrogen and oxygen atoms in total. The lowest BCUT2D eigenvalue weighted by Gasteiger charge is -2.16. The fourth-order valence-electron chi connectivity index (χ4n) is 2.47. The first-order valence-electron chi connectivity index (χ1n) is 7.26. The van der Waals surface area contributed by atoms with Gasteiger partial charge < -0.3 is 5.73 Å². The largest absolute Gasteiger partial charge is 0.326 e. The molecule has 0 spiro atoms. The van der Waals surface area contributed by atoms with Gasteiger partial charge in [0.25, 0.3) is 0 Å². The Morgan fingerprint density at radius 1 is 1.29 bits per heavy atom. The highest BCUT2D eigenvalue weighted by molar-refractivity contribution is 7.90. The predicted molar refractivity (Wildman–Crippen MR) is 89.0 cm³/mol. The molecule has 0 bridgehead atoms. The molecule has 1 aromatic carbocycles. The van der Waals surface area contributed by atoms with E-state index in [-0.39, 0.29) is 12.6 Å². The third-order valence-electron chi connectivity index (χ3n) is 3.52. The Morgan fingerprint density at radius 3 is 2.62 bits per heavy atom. The lowest BCUT2D eigenvalue weighted by Crippen LogP contribution is -2.34. The van der Waals surface area contributed by atoms with Gasteiger partial charge >= 0.3 is 0 Å². The van der Waals surface area contributed by atoms with Crippen LogP contribution in [0.2, 0.25) is 0 Å². The molecule has 2 aromatic rings. The van der Waals surface area contributed by atoms with Crippen LogP contribution in [0.4, 0.5) is 0 Å². The maximum absolute atomic E-state index is 12.8. The first-order chi connectivity index (χ1) is 10.0. The summed E-state index contributed by atoms with van der Waals surface area (Å²) in [5.41, 5.74) is 5.75. The molecule has 0 saturated heterocycles. The smallest absolute Gasteiger partial charge is 0.242 e. The van der Waals surface area contributed by atoms with Crippen molar-refractivity contribution in [2.45, 2.75) is 50.6 Å². The van der Waals surface area contributed by atoms with Gasteiger partial charge in [-0.1, -0.05) is 38.5 Å². The van der Waals surface area contributed by atoms with Crippen molar-refractivity contribution in [3.8, 4) is 0 Å². The molecule has 3 N–H and O–H groups in total. The van der Waals surface area contributed by atoms with E-state index in [1.54, 1.807) is 0 Å². The molecular weight excluding hydrogens is 304 g/mol. The van der Waals surface area contributed by atoms with E-state index in [2.05, 4.69) is 11.6 Å². The summed E-state index contributed by atoms with van der Waals surface area (Å²) in [6.45, 7) is 4.29. The highest BCUT2D eigenvalue weighted by Crippen LogP contribution is 2.34. The van der Waals surface area contributed by atoms with Crippen molar-refractivity contribution < 1.29 is 8.42 Å². The molecule has 0 amide bonds. The molecule has 6 heteroatoms. The van der Waals surface area contributed by atoms with E-state index in [0.717, 1.165) is 34.2 Å². The summed E-state index contributed by atoms with van der Waals surface area (Å²) >= 11 is 1.45. The minimum absolute atomic E-state index is 0.0238. The summed E-state index contributed by atoms with van der Waals surface area (Å²) in [5.74, 6) is 0. The summed E-state index contributed by atoms with van der Waals surface area (Å²) < 4.78 is 29.3. The van der Waals surface area contributed by atoms with Gasteiger partial charge in [0.05, 0.1) is 0 Å². The van der Waals surface area contributed by atoms with Gasteiger partial charge in [0.2, 0.25) is 10.0 Å². The van der Waals surface area contributed by atoms with E-state index < -0.39 is 10.0 Å². The Bertz CT molecular complexity index is 708. The molecule has 21 heavy (non-hydrogen) atoms. The third kappa shape index (κ3) is 3.45. The second-order valence-corrected chi connectivity index (χ2v) is 7.86. The zero-order valence-electron chi connectivity index (χ0n) is 12.4. The highest BCUT2D eigenvalue weighted by atomic mass is 32.2. The number of hydrogen-bond donors (Lipinski definition) is 2. The maximum atomic E-state index is 12.8. The van der Waals surface area contributed by atoms with Crippen molar-refractivity contribution in [1.29, 1.82) is 0 Å². The molecule has 1 heterocycles. The molecule has 0 aliphatic rings. The van der Waals surface area contributed by atoms with Crippen molar-refractivity contribution in [2.75, 3.05) is 0 Å². The van der Waals surface area contributed by atoms with Gasteiger partial charge in [-0.3, -0.25) is 0 Å². The zero-order chi connectivity index (χ0) is 15.5. The summed E-state index contributed by atoms with van der Waals surface area (Å²) in [4.78, 5) is 1.08. The van der Waals surface area contributed by atoms with Crippen LogP contribution >= 0.6 is 11.3 Å². The Balaban J connectivity index is 2.48. The summed E-state index contributed by atoms with van der Waals surface area (Å²) in [6.07, 6.45) is 2.58. The van der Waals surface area contributed by atoms with E-state index in [1.807, 2.05) is 31.2 Å². The van der Waals surface area contributed by atoms with E-state index >= 15 is 0 Å². The van der Waals surface area contributed by atoms with Gasteiger partial charge in [-0.25, -0.2) is 13.1 Å². The van der Waals surface area contributed by atoms with Gasteiger partial charge in [0, 0.05) is 27.5 Å². The average molecular weight is 326 g/mol. The van der Waals surface area contributed by atoms with Crippen LogP contribution in [-0.4, -0.2) is 14.5 Å². The number of benzene rings is 1. The van der Waals surface area contributed by atoms with Crippen LogP contribution in [0.1, 0.15) is 38.0 Å². The number of rotatable bonds is 7. The zero-order valence-corrected chi connectivity index (χ0v) is 14.1. The monoisotopic (exact) mass is 326 g/mol. The molecule has 1 aromatic heterocycles. The number of nitrogens with one attached hydrogen (secondary N) is 1. The van der Waals surface area contributed by atoms with Crippen LogP contribution in [-0.2, 0) is 16.6 Å². The first kappa shape index (κ1) is 16.4. The average Bonchev–Trinajstić information content (AvgIpc) is 2.85. The Morgan fingerprint density at radius 2 is 2.00 bits per heavy atom. The SMILES string of the molecule is CCCC(CC)NS(=O)(=O)c1c(CN)sc2ccccc12. The van der Waals surface area contributed by atoms with Crippen molar-refractivity contribution in [2.24, 2.45) is 5.73 Å². The summed E-state index contributed by atoms with van der Waals surface area (Å²) in [6, 6.07) is 7.53. The molecule has 0 saturated carbocycles. The predicted octanol–water partition coefficient (Wildman–Crippen LogP) is 3.22. The van der Waals surface area contributed by atoms with E-state index in [1.165, 1.54) is 11.3 Å². The van der Waals surface area contributed by atoms with Crippen LogP contribution in [0.25, 0.3) is 10.1 Å². The molecule has 0 radical (unpaired) electrons. The van der Waals surface area contributed by atoms with Gasteiger partial charge in [-0.05, 0) is 18.9 Å². The molecule has 1 atom stereocenters. The lowest BCUT2D eigenvalue weighted by molar-refractivity contribution is 0.512. The Labute approximate surface area is 130 Å². The van der Waals surface area contributed by atoms with Crippen LogP contribution in [0, 0.1) is 0 Å². The normalized spacial score (nSPS) is 13.7. The molecule has 2 rings (SSSR count). The highest BCUT2D eigenvalue weighted by Gasteiger charge is 2.25. The quantitative estimate of drug-likeness (QED) is 0.820. The number of hydrogen-bond acceptors (Lipinski definition) is 4. The fourth-order valence-corrected chi connectivity index (χ4v) is 5.66. The number of nitrogens with two attached hydrogens (primary N) is 1. The van der Waals surface area contributed by atoms with Gasteiger partial charge in [-0.2, -0.15) is 0 Å². The van der Waals surface area contributed by atoms with E-state index in [9.17, 15) is 8.42 Å². The summed E-state index contributed by atoms with van der Waals surface area (Å²) in [5, 5.41) is 0.766. The maximum Gasteiger partial charge on any atom is 0.242 e. The van der Waals surface area contributed by atoms with Crippen molar-refractivity contribution >= 4 is 31.4 Å². The Hall–Kier alpha value is -0.950. The molecule has 0 aliphatic heterocycles. The molecule has 116 valence electrons. The minimum atomic E-state index is -3.54. The van der Waals surface area contributed by atoms with Crippen LogP contribution < -0.4 is 10.5 Å².